The van der Waals surface area contributed by atoms with Gasteiger partial charge in [-0.3, -0.25) is 9.59 Å². The number of imide groups is 1. The monoisotopic (exact) mass is 530 g/mol. The van der Waals surface area contributed by atoms with Gasteiger partial charge in [0.2, 0.25) is 0 Å². The standard InChI is InChI=1S/C29H26N2O6S/c1-4-36-28(34)19-10-14-21(15-11-19)30-24-25(38-23-8-6-5-7-9-23)27(33)31(26(24)32)22-16-12-20(13-17-22)29(35)37-18(2)3/h5-18,30H,4H2,1-3H3. The molecular weight excluding hydrogens is 504 g/mol. The van der Waals surface area contributed by atoms with Crippen molar-refractivity contribution in [2.45, 2.75) is 31.8 Å². The van der Waals surface area contributed by atoms with E-state index in [1.807, 2.05) is 30.3 Å². The number of nitrogens with zero attached hydrogens (tertiary/aromatic N) is 1. The first-order chi connectivity index (χ1) is 18.3. The highest BCUT2D eigenvalue weighted by atomic mass is 32.2. The summed E-state index contributed by atoms with van der Waals surface area (Å²) < 4.78 is 10.2. The maximum absolute atomic E-state index is 13.6. The lowest BCUT2D eigenvalue weighted by atomic mass is 10.2. The first kappa shape index (κ1) is 26.7. The van der Waals surface area contributed by atoms with Crippen LogP contribution in [0.3, 0.4) is 0 Å². The van der Waals surface area contributed by atoms with Crippen LogP contribution in [0.1, 0.15) is 41.5 Å². The van der Waals surface area contributed by atoms with Crippen molar-refractivity contribution >= 4 is 46.9 Å². The minimum absolute atomic E-state index is 0.107. The molecule has 0 aromatic heterocycles. The van der Waals surface area contributed by atoms with E-state index < -0.39 is 23.8 Å². The Morgan fingerprint density at radius 3 is 2.05 bits per heavy atom. The summed E-state index contributed by atoms with van der Waals surface area (Å²) in [6.45, 7) is 5.50. The number of carbonyl (C=O) groups is 4. The summed E-state index contributed by atoms with van der Waals surface area (Å²) in [6.07, 6.45) is -0.273. The quantitative estimate of drug-likeness (QED) is 0.289. The van der Waals surface area contributed by atoms with Crippen LogP contribution < -0.4 is 10.2 Å². The third-order valence-electron chi connectivity index (χ3n) is 5.37. The second-order valence-corrected chi connectivity index (χ2v) is 9.57. The van der Waals surface area contributed by atoms with Crippen LogP contribution in [0.15, 0.2) is 94.4 Å². The van der Waals surface area contributed by atoms with E-state index in [4.69, 9.17) is 9.47 Å². The molecule has 9 heteroatoms. The fourth-order valence-corrected chi connectivity index (χ4v) is 4.58. The molecule has 2 amide bonds. The summed E-state index contributed by atoms with van der Waals surface area (Å²) in [5.41, 5.74) is 1.64. The number of ether oxygens (including phenoxy) is 2. The van der Waals surface area contributed by atoms with Crippen LogP contribution in [-0.4, -0.2) is 36.5 Å². The Morgan fingerprint density at radius 1 is 0.842 bits per heavy atom. The van der Waals surface area contributed by atoms with Crippen molar-refractivity contribution in [3.63, 3.8) is 0 Å². The van der Waals surface area contributed by atoms with Gasteiger partial charge in [0, 0.05) is 10.6 Å². The van der Waals surface area contributed by atoms with Gasteiger partial charge in [-0.2, -0.15) is 0 Å². The molecule has 3 aromatic carbocycles. The molecule has 38 heavy (non-hydrogen) atoms. The Kier molecular flexibility index (Phi) is 8.28. The zero-order chi connectivity index (χ0) is 27.2. The summed E-state index contributed by atoms with van der Waals surface area (Å²) in [5.74, 6) is -1.97. The molecule has 8 nitrogen and oxygen atoms in total. The van der Waals surface area contributed by atoms with Gasteiger partial charge in [0.05, 0.1) is 29.5 Å². The summed E-state index contributed by atoms with van der Waals surface area (Å²) in [7, 11) is 0. The van der Waals surface area contributed by atoms with Crippen molar-refractivity contribution < 1.29 is 28.7 Å². The maximum atomic E-state index is 13.6. The van der Waals surface area contributed by atoms with E-state index in [1.165, 1.54) is 36.0 Å². The molecule has 0 atom stereocenters. The van der Waals surface area contributed by atoms with Gasteiger partial charge in [0.1, 0.15) is 10.6 Å². The third-order valence-corrected chi connectivity index (χ3v) is 6.46. The van der Waals surface area contributed by atoms with Crippen LogP contribution in [-0.2, 0) is 19.1 Å². The summed E-state index contributed by atoms with van der Waals surface area (Å²) in [4.78, 5) is 53.4. The Hall–Kier alpha value is -4.37. The van der Waals surface area contributed by atoms with Crippen molar-refractivity contribution in [1.82, 2.24) is 0 Å². The number of carbonyl (C=O) groups excluding carboxylic acids is 4. The minimum atomic E-state index is -0.541. The molecule has 1 heterocycles. The maximum Gasteiger partial charge on any atom is 0.338 e. The van der Waals surface area contributed by atoms with Crippen molar-refractivity contribution in [2.24, 2.45) is 0 Å². The molecule has 0 fully saturated rings. The molecule has 0 unspecified atom stereocenters. The normalized spacial score (nSPS) is 13.2. The van der Waals surface area contributed by atoms with Crippen molar-refractivity contribution in [3.05, 3.63) is 101 Å². The molecule has 0 saturated carbocycles. The average molecular weight is 531 g/mol. The highest BCUT2D eigenvalue weighted by molar-refractivity contribution is 8.04. The summed E-state index contributed by atoms with van der Waals surface area (Å²) in [5, 5.41) is 3.06. The Balaban J connectivity index is 1.63. The fourth-order valence-electron chi connectivity index (χ4n) is 3.63. The number of thioether (sulfide) groups is 1. The second kappa shape index (κ2) is 11.8. The largest absolute Gasteiger partial charge is 0.462 e. The molecule has 0 radical (unpaired) electrons. The van der Waals surface area contributed by atoms with Crippen molar-refractivity contribution in [2.75, 3.05) is 16.8 Å². The van der Waals surface area contributed by atoms with E-state index in [0.717, 1.165) is 9.80 Å². The molecule has 1 aliphatic heterocycles. The van der Waals surface area contributed by atoms with E-state index >= 15 is 0 Å². The van der Waals surface area contributed by atoms with Gasteiger partial charge in [-0.25, -0.2) is 14.5 Å². The number of hydrogen-bond acceptors (Lipinski definition) is 8. The van der Waals surface area contributed by atoms with E-state index in [0.29, 0.717) is 22.5 Å². The van der Waals surface area contributed by atoms with Crippen LogP contribution >= 0.6 is 11.8 Å². The van der Waals surface area contributed by atoms with Gasteiger partial charge in [-0.15, -0.1) is 0 Å². The van der Waals surface area contributed by atoms with Crippen molar-refractivity contribution in [3.8, 4) is 0 Å². The van der Waals surface area contributed by atoms with E-state index in [2.05, 4.69) is 5.32 Å². The molecule has 0 spiro atoms. The van der Waals surface area contributed by atoms with E-state index in [-0.39, 0.29) is 23.3 Å². The van der Waals surface area contributed by atoms with Gasteiger partial charge < -0.3 is 14.8 Å². The third kappa shape index (κ3) is 5.95. The first-order valence-electron chi connectivity index (χ1n) is 12.0. The lowest BCUT2D eigenvalue weighted by Gasteiger charge is -2.16. The zero-order valence-electron chi connectivity index (χ0n) is 21.1. The van der Waals surface area contributed by atoms with Crippen LogP contribution in [0.4, 0.5) is 11.4 Å². The van der Waals surface area contributed by atoms with E-state index in [9.17, 15) is 19.2 Å². The molecule has 4 rings (SSSR count). The van der Waals surface area contributed by atoms with Crippen LogP contribution in [0, 0.1) is 0 Å². The average Bonchev–Trinajstić information content (AvgIpc) is 3.13. The number of esters is 2. The number of hydrogen-bond donors (Lipinski definition) is 1. The topological polar surface area (TPSA) is 102 Å². The molecule has 1 N–H and O–H groups in total. The minimum Gasteiger partial charge on any atom is -0.462 e. The lowest BCUT2D eigenvalue weighted by molar-refractivity contribution is -0.120. The predicted octanol–water partition coefficient (Wildman–Crippen LogP) is 5.42. The predicted molar refractivity (Wildman–Crippen MR) is 145 cm³/mol. The van der Waals surface area contributed by atoms with Gasteiger partial charge >= 0.3 is 11.9 Å². The Labute approximate surface area is 224 Å². The smallest absolute Gasteiger partial charge is 0.338 e. The van der Waals surface area contributed by atoms with Crippen molar-refractivity contribution in [1.29, 1.82) is 0 Å². The Bertz CT molecular complexity index is 1380. The molecule has 0 aliphatic carbocycles. The fraction of sp³-hybridized carbons (Fsp3) is 0.172. The number of anilines is 2. The van der Waals surface area contributed by atoms with E-state index in [1.54, 1.807) is 45.0 Å². The number of amides is 2. The van der Waals surface area contributed by atoms with Gasteiger partial charge in [-0.1, -0.05) is 30.0 Å². The van der Waals surface area contributed by atoms with Gasteiger partial charge in [0.15, 0.2) is 0 Å². The molecule has 1 aliphatic rings. The lowest BCUT2D eigenvalue weighted by Crippen LogP contribution is -2.32. The van der Waals surface area contributed by atoms with Gasteiger partial charge in [-0.05, 0) is 81.4 Å². The second-order valence-electron chi connectivity index (χ2n) is 8.49. The molecule has 0 saturated heterocycles. The zero-order valence-corrected chi connectivity index (χ0v) is 21.9. The van der Waals surface area contributed by atoms with Gasteiger partial charge in [0.25, 0.3) is 11.8 Å². The number of rotatable bonds is 9. The molecule has 0 bridgehead atoms. The SMILES string of the molecule is CCOC(=O)c1ccc(NC2=C(Sc3ccccc3)C(=O)N(c3ccc(C(=O)OC(C)C)cc3)C2=O)cc1. The molecule has 194 valence electrons. The Morgan fingerprint density at radius 2 is 1.45 bits per heavy atom. The van der Waals surface area contributed by atoms with Crippen LogP contribution in [0.5, 0.6) is 0 Å². The first-order valence-corrected chi connectivity index (χ1v) is 12.8. The highest BCUT2D eigenvalue weighted by Gasteiger charge is 2.40. The molecular formula is C29H26N2O6S. The summed E-state index contributed by atoms with van der Waals surface area (Å²) >= 11 is 1.18. The summed E-state index contributed by atoms with van der Waals surface area (Å²) in [6, 6.07) is 21.8. The number of nitrogens with one attached hydrogen (secondary N) is 1. The van der Waals surface area contributed by atoms with Crippen LogP contribution in [0.25, 0.3) is 0 Å². The highest BCUT2D eigenvalue weighted by Crippen LogP contribution is 2.38. The van der Waals surface area contributed by atoms with Crippen LogP contribution in [0.2, 0.25) is 0 Å². The number of benzene rings is 3. The molecule has 3 aromatic rings.